The van der Waals surface area contributed by atoms with Crippen molar-refractivity contribution in [1.29, 1.82) is 0 Å². The summed E-state index contributed by atoms with van der Waals surface area (Å²) in [7, 11) is 0. The number of aliphatic hydroxyl groups excluding tert-OH is 1. The van der Waals surface area contributed by atoms with E-state index < -0.39 is 0 Å². The van der Waals surface area contributed by atoms with E-state index in [1.165, 1.54) is 16.0 Å². The SMILES string of the molecule is C.CCO.CCSc1ccc2c(c1)CN(CC)C2. The standard InChI is InChI=1S/C12H17NS.C2H6O.CH4/c1-3-13-8-10-5-6-12(14-4-2)7-11(10)9-13;1-2-3;/h5-7H,3-4,8-9H2,1-2H3;3H,2H2,1H3;1H4. The molecule has 0 fully saturated rings. The summed E-state index contributed by atoms with van der Waals surface area (Å²) >= 11 is 1.93. The van der Waals surface area contributed by atoms with Crippen LogP contribution < -0.4 is 0 Å². The fourth-order valence-corrected chi connectivity index (χ4v) is 2.64. The number of fused-ring (bicyclic) bond motifs is 1. The summed E-state index contributed by atoms with van der Waals surface area (Å²) in [6, 6.07) is 6.91. The molecule has 3 heteroatoms. The topological polar surface area (TPSA) is 23.5 Å². The third-order valence-corrected chi connectivity index (χ3v) is 3.60. The molecule has 104 valence electrons. The summed E-state index contributed by atoms with van der Waals surface area (Å²) in [4.78, 5) is 3.90. The Kier molecular flexibility index (Phi) is 9.16. The fourth-order valence-electron chi connectivity index (χ4n) is 1.92. The van der Waals surface area contributed by atoms with Gasteiger partial charge in [-0.1, -0.05) is 27.3 Å². The minimum atomic E-state index is 0. The van der Waals surface area contributed by atoms with Gasteiger partial charge in [-0.15, -0.1) is 11.8 Å². The van der Waals surface area contributed by atoms with Crippen molar-refractivity contribution in [2.24, 2.45) is 0 Å². The van der Waals surface area contributed by atoms with Gasteiger partial charge in [-0.3, -0.25) is 4.90 Å². The first-order valence-corrected chi connectivity index (χ1v) is 7.31. The van der Waals surface area contributed by atoms with E-state index in [1.807, 2.05) is 11.8 Å². The normalized spacial score (nSPS) is 13.3. The smallest absolute Gasteiger partial charge is 0.0402 e. The van der Waals surface area contributed by atoms with Crippen molar-refractivity contribution >= 4 is 11.8 Å². The van der Waals surface area contributed by atoms with Crippen LogP contribution >= 0.6 is 11.8 Å². The maximum atomic E-state index is 7.57. The minimum Gasteiger partial charge on any atom is -0.397 e. The first-order chi connectivity index (χ1) is 8.24. The third kappa shape index (κ3) is 5.01. The zero-order valence-corrected chi connectivity index (χ0v) is 11.9. The molecule has 1 heterocycles. The van der Waals surface area contributed by atoms with Crippen LogP contribution in [0.1, 0.15) is 39.3 Å². The minimum absolute atomic E-state index is 0. The number of rotatable bonds is 3. The van der Waals surface area contributed by atoms with Gasteiger partial charge in [0.05, 0.1) is 0 Å². The van der Waals surface area contributed by atoms with E-state index in [-0.39, 0.29) is 14.0 Å². The van der Waals surface area contributed by atoms with E-state index in [4.69, 9.17) is 5.11 Å². The Balaban J connectivity index is 0.000000660. The lowest BCUT2D eigenvalue weighted by molar-refractivity contribution is 0.301. The van der Waals surface area contributed by atoms with Crippen LogP contribution in [-0.4, -0.2) is 28.9 Å². The first-order valence-electron chi connectivity index (χ1n) is 6.32. The molecule has 1 aromatic carbocycles. The van der Waals surface area contributed by atoms with Gasteiger partial charge in [0.1, 0.15) is 0 Å². The Morgan fingerprint density at radius 2 is 1.78 bits per heavy atom. The van der Waals surface area contributed by atoms with Gasteiger partial charge in [0, 0.05) is 24.6 Å². The average Bonchev–Trinajstić information content (AvgIpc) is 2.72. The molecule has 0 radical (unpaired) electrons. The molecule has 0 spiro atoms. The van der Waals surface area contributed by atoms with Crippen LogP contribution in [0.3, 0.4) is 0 Å². The number of benzene rings is 1. The predicted molar refractivity (Wildman–Crippen MR) is 82.1 cm³/mol. The molecule has 1 aliphatic heterocycles. The molecule has 0 unspecified atom stereocenters. The zero-order chi connectivity index (χ0) is 12.7. The molecular weight excluding hydrogens is 242 g/mol. The molecule has 0 aromatic heterocycles. The maximum absolute atomic E-state index is 7.57. The molecule has 1 N–H and O–H groups in total. The van der Waals surface area contributed by atoms with E-state index in [9.17, 15) is 0 Å². The Labute approximate surface area is 116 Å². The van der Waals surface area contributed by atoms with Crippen LogP contribution in [0.25, 0.3) is 0 Å². The van der Waals surface area contributed by atoms with Crippen molar-refractivity contribution in [3.63, 3.8) is 0 Å². The Hall–Kier alpha value is -0.510. The lowest BCUT2D eigenvalue weighted by Gasteiger charge is -2.09. The number of nitrogens with zero attached hydrogens (tertiary/aromatic N) is 1. The molecule has 2 rings (SSSR count). The molecule has 1 aliphatic rings. The van der Waals surface area contributed by atoms with Gasteiger partial charge in [-0.2, -0.15) is 0 Å². The summed E-state index contributed by atoms with van der Waals surface area (Å²) in [5.41, 5.74) is 3.05. The monoisotopic (exact) mass is 269 g/mol. The molecule has 0 atom stereocenters. The van der Waals surface area contributed by atoms with E-state index in [0.717, 1.165) is 25.4 Å². The van der Waals surface area contributed by atoms with E-state index in [2.05, 4.69) is 36.9 Å². The van der Waals surface area contributed by atoms with Gasteiger partial charge in [-0.05, 0) is 42.5 Å². The summed E-state index contributed by atoms with van der Waals surface area (Å²) in [5, 5.41) is 7.57. The van der Waals surface area contributed by atoms with Crippen molar-refractivity contribution in [1.82, 2.24) is 4.90 Å². The second kappa shape index (κ2) is 9.42. The van der Waals surface area contributed by atoms with Gasteiger partial charge < -0.3 is 5.11 Å². The van der Waals surface area contributed by atoms with Crippen LogP contribution in [-0.2, 0) is 13.1 Å². The van der Waals surface area contributed by atoms with Crippen molar-refractivity contribution in [3.05, 3.63) is 29.3 Å². The number of thioether (sulfide) groups is 1. The molecule has 18 heavy (non-hydrogen) atoms. The zero-order valence-electron chi connectivity index (χ0n) is 11.1. The lowest BCUT2D eigenvalue weighted by atomic mass is 10.1. The van der Waals surface area contributed by atoms with Crippen LogP contribution in [0.4, 0.5) is 0 Å². The summed E-state index contributed by atoms with van der Waals surface area (Å²) in [6.45, 7) is 9.81. The summed E-state index contributed by atoms with van der Waals surface area (Å²) < 4.78 is 0. The highest BCUT2D eigenvalue weighted by Gasteiger charge is 2.16. The molecule has 0 saturated heterocycles. The largest absolute Gasteiger partial charge is 0.397 e. The number of hydrogen-bond donors (Lipinski definition) is 1. The van der Waals surface area contributed by atoms with Gasteiger partial charge in [-0.25, -0.2) is 0 Å². The van der Waals surface area contributed by atoms with E-state index in [1.54, 1.807) is 6.92 Å². The molecule has 0 aliphatic carbocycles. The third-order valence-electron chi connectivity index (χ3n) is 2.72. The lowest BCUT2D eigenvalue weighted by Crippen LogP contribution is -2.14. The Morgan fingerprint density at radius 3 is 2.33 bits per heavy atom. The fraction of sp³-hybridized carbons (Fsp3) is 0.600. The van der Waals surface area contributed by atoms with Crippen molar-refractivity contribution in [2.45, 2.75) is 46.2 Å². The molecule has 2 nitrogen and oxygen atoms in total. The van der Waals surface area contributed by atoms with Crippen molar-refractivity contribution in [3.8, 4) is 0 Å². The number of aliphatic hydroxyl groups is 1. The van der Waals surface area contributed by atoms with Crippen LogP contribution in [0.15, 0.2) is 23.1 Å². The average molecular weight is 269 g/mol. The van der Waals surface area contributed by atoms with Gasteiger partial charge >= 0.3 is 0 Å². The molecule has 1 aromatic rings. The quantitative estimate of drug-likeness (QED) is 0.845. The van der Waals surface area contributed by atoms with Crippen LogP contribution in [0.2, 0.25) is 0 Å². The van der Waals surface area contributed by atoms with Gasteiger partial charge in [0.2, 0.25) is 0 Å². The molecule has 0 saturated carbocycles. The molecule has 0 bridgehead atoms. The predicted octanol–water partition coefficient (Wildman–Crippen LogP) is 3.77. The van der Waals surface area contributed by atoms with E-state index >= 15 is 0 Å². The summed E-state index contributed by atoms with van der Waals surface area (Å²) in [6.07, 6.45) is 0. The highest BCUT2D eigenvalue weighted by molar-refractivity contribution is 7.99. The summed E-state index contributed by atoms with van der Waals surface area (Å²) in [5.74, 6) is 1.16. The Morgan fingerprint density at radius 1 is 1.17 bits per heavy atom. The Bertz CT molecular complexity index is 341. The first kappa shape index (κ1) is 17.5. The van der Waals surface area contributed by atoms with Crippen molar-refractivity contribution < 1.29 is 5.11 Å². The van der Waals surface area contributed by atoms with Crippen LogP contribution in [0.5, 0.6) is 0 Å². The molecular formula is C15H27NOS. The van der Waals surface area contributed by atoms with Gasteiger partial charge in [0.25, 0.3) is 0 Å². The van der Waals surface area contributed by atoms with Gasteiger partial charge in [0.15, 0.2) is 0 Å². The van der Waals surface area contributed by atoms with Crippen molar-refractivity contribution in [2.75, 3.05) is 18.9 Å². The number of hydrogen-bond acceptors (Lipinski definition) is 3. The molecule has 0 amide bonds. The maximum Gasteiger partial charge on any atom is 0.0402 e. The highest BCUT2D eigenvalue weighted by atomic mass is 32.2. The van der Waals surface area contributed by atoms with E-state index in [0.29, 0.717) is 0 Å². The highest BCUT2D eigenvalue weighted by Crippen LogP contribution is 2.27. The van der Waals surface area contributed by atoms with Crippen LogP contribution in [0, 0.1) is 0 Å². The second-order valence-electron chi connectivity index (χ2n) is 3.98. The second-order valence-corrected chi connectivity index (χ2v) is 5.32.